The number of nitrogens with zero attached hydrogens (tertiary/aromatic N) is 1. The van der Waals surface area contributed by atoms with Gasteiger partial charge in [0, 0.05) is 12.2 Å². The Bertz CT molecular complexity index is 489. The van der Waals surface area contributed by atoms with Gasteiger partial charge in [-0.2, -0.15) is 0 Å². The average Bonchev–Trinajstić information content (AvgIpc) is 2.26. The predicted molar refractivity (Wildman–Crippen MR) is 72.8 cm³/mol. The van der Waals surface area contributed by atoms with Crippen molar-refractivity contribution in [3.63, 3.8) is 0 Å². The second kappa shape index (κ2) is 6.38. The maximum Gasteiger partial charge on any atom is 0.263 e. The van der Waals surface area contributed by atoms with E-state index in [0.29, 0.717) is 12.1 Å². The summed E-state index contributed by atoms with van der Waals surface area (Å²) in [5.74, 6) is -0.639. The SMILES string of the molecule is CCCCCCn1c(C)cc(C)c(C(N)=O)c1=O. The summed E-state index contributed by atoms with van der Waals surface area (Å²) in [5, 5.41) is 0. The molecule has 0 fully saturated rings. The fourth-order valence-electron chi connectivity index (χ4n) is 2.20. The zero-order valence-electron chi connectivity index (χ0n) is 11.5. The first-order chi connectivity index (χ1) is 8.49. The van der Waals surface area contributed by atoms with Crippen molar-refractivity contribution in [2.45, 2.75) is 53.0 Å². The zero-order chi connectivity index (χ0) is 13.7. The molecule has 4 nitrogen and oxygen atoms in total. The lowest BCUT2D eigenvalue weighted by atomic mass is 10.1. The number of primary amides is 1. The Hall–Kier alpha value is -1.58. The highest BCUT2D eigenvalue weighted by Gasteiger charge is 2.14. The summed E-state index contributed by atoms with van der Waals surface area (Å²) in [7, 11) is 0. The van der Waals surface area contributed by atoms with Gasteiger partial charge in [-0.05, 0) is 31.9 Å². The van der Waals surface area contributed by atoms with E-state index in [2.05, 4.69) is 6.92 Å². The molecular formula is C14H22N2O2. The number of amides is 1. The Labute approximate surface area is 108 Å². The summed E-state index contributed by atoms with van der Waals surface area (Å²) in [6.45, 7) is 6.44. The molecule has 0 saturated heterocycles. The number of aryl methyl sites for hydroxylation is 2. The molecular weight excluding hydrogens is 228 g/mol. The zero-order valence-corrected chi connectivity index (χ0v) is 11.5. The molecule has 1 amide bonds. The number of pyridine rings is 1. The molecule has 0 unspecified atom stereocenters. The van der Waals surface area contributed by atoms with Crippen LogP contribution in [0.2, 0.25) is 0 Å². The van der Waals surface area contributed by atoms with Gasteiger partial charge in [0.05, 0.1) is 0 Å². The van der Waals surface area contributed by atoms with Gasteiger partial charge >= 0.3 is 0 Å². The molecule has 2 N–H and O–H groups in total. The quantitative estimate of drug-likeness (QED) is 0.786. The van der Waals surface area contributed by atoms with E-state index in [9.17, 15) is 9.59 Å². The first-order valence-corrected chi connectivity index (χ1v) is 6.49. The maximum absolute atomic E-state index is 12.2. The number of hydrogen-bond donors (Lipinski definition) is 1. The Balaban J connectivity index is 3.01. The van der Waals surface area contributed by atoms with E-state index in [1.165, 1.54) is 6.42 Å². The number of aromatic nitrogens is 1. The van der Waals surface area contributed by atoms with E-state index in [4.69, 9.17) is 5.73 Å². The van der Waals surface area contributed by atoms with Gasteiger partial charge in [0.2, 0.25) is 0 Å². The van der Waals surface area contributed by atoms with Crippen LogP contribution in [-0.2, 0) is 6.54 Å². The Kier molecular flexibility index (Phi) is 5.13. The van der Waals surface area contributed by atoms with E-state index in [1.807, 2.05) is 13.0 Å². The van der Waals surface area contributed by atoms with Crippen LogP contribution in [0.5, 0.6) is 0 Å². The van der Waals surface area contributed by atoms with Crippen LogP contribution >= 0.6 is 0 Å². The molecule has 0 atom stereocenters. The van der Waals surface area contributed by atoms with E-state index >= 15 is 0 Å². The monoisotopic (exact) mass is 250 g/mol. The van der Waals surface area contributed by atoms with Crippen molar-refractivity contribution in [1.29, 1.82) is 0 Å². The van der Waals surface area contributed by atoms with Crippen LogP contribution in [0.15, 0.2) is 10.9 Å². The molecule has 0 aliphatic carbocycles. The van der Waals surface area contributed by atoms with E-state index in [0.717, 1.165) is 25.0 Å². The molecule has 4 heteroatoms. The van der Waals surface area contributed by atoms with Crippen molar-refractivity contribution in [2.75, 3.05) is 0 Å². The first kappa shape index (κ1) is 14.5. The van der Waals surface area contributed by atoms with Crippen molar-refractivity contribution in [3.05, 3.63) is 33.2 Å². The minimum atomic E-state index is -0.639. The molecule has 0 spiro atoms. The van der Waals surface area contributed by atoms with Gasteiger partial charge in [0.15, 0.2) is 0 Å². The van der Waals surface area contributed by atoms with Gasteiger partial charge in [0.1, 0.15) is 5.56 Å². The van der Waals surface area contributed by atoms with Gasteiger partial charge in [-0.3, -0.25) is 9.59 Å². The number of carbonyl (C=O) groups excluding carboxylic acids is 1. The Morgan fingerprint density at radius 1 is 1.28 bits per heavy atom. The van der Waals surface area contributed by atoms with Crippen LogP contribution in [0.25, 0.3) is 0 Å². The van der Waals surface area contributed by atoms with Crippen LogP contribution in [0, 0.1) is 13.8 Å². The number of rotatable bonds is 6. The molecule has 0 saturated carbocycles. The van der Waals surface area contributed by atoms with Gasteiger partial charge in [0.25, 0.3) is 11.5 Å². The molecule has 0 aromatic carbocycles. The molecule has 1 rings (SSSR count). The van der Waals surface area contributed by atoms with Crippen molar-refractivity contribution >= 4 is 5.91 Å². The third-order valence-corrected chi connectivity index (χ3v) is 3.19. The summed E-state index contributed by atoms with van der Waals surface area (Å²) in [5.41, 5.74) is 6.68. The largest absolute Gasteiger partial charge is 0.365 e. The van der Waals surface area contributed by atoms with E-state index in [-0.39, 0.29) is 11.1 Å². The number of hydrogen-bond acceptors (Lipinski definition) is 2. The summed E-state index contributed by atoms with van der Waals surface area (Å²) >= 11 is 0. The van der Waals surface area contributed by atoms with Crippen molar-refractivity contribution < 1.29 is 4.79 Å². The Morgan fingerprint density at radius 3 is 2.50 bits per heavy atom. The standard InChI is InChI=1S/C14H22N2O2/c1-4-5-6-7-8-16-11(3)9-10(2)12(13(15)17)14(16)18/h9H,4-8H2,1-3H3,(H2,15,17). The van der Waals surface area contributed by atoms with Crippen LogP contribution < -0.4 is 11.3 Å². The molecule has 0 radical (unpaired) electrons. The lowest BCUT2D eigenvalue weighted by Crippen LogP contribution is -2.32. The second-order valence-electron chi connectivity index (χ2n) is 4.73. The molecule has 1 aromatic heterocycles. The third kappa shape index (κ3) is 3.22. The highest BCUT2D eigenvalue weighted by atomic mass is 16.2. The average molecular weight is 250 g/mol. The number of nitrogens with two attached hydrogens (primary N) is 1. The minimum Gasteiger partial charge on any atom is -0.365 e. The van der Waals surface area contributed by atoms with Crippen molar-refractivity contribution in [1.82, 2.24) is 4.57 Å². The van der Waals surface area contributed by atoms with Crippen LogP contribution in [0.1, 0.15) is 54.2 Å². The molecule has 100 valence electrons. The molecule has 18 heavy (non-hydrogen) atoms. The predicted octanol–water partition coefficient (Wildman–Crippen LogP) is 2.14. The van der Waals surface area contributed by atoms with Crippen LogP contribution in [-0.4, -0.2) is 10.5 Å². The smallest absolute Gasteiger partial charge is 0.263 e. The van der Waals surface area contributed by atoms with E-state index in [1.54, 1.807) is 11.5 Å². The van der Waals surface area contributed by atoms with Crippen LogP contribution in [0.4, 0.5) is 0 Å². The van der Waals surface area contributed by atoms with Gasteiger partial charge in [-0.25, -0.2) is 0 Å². The fraction of sp³-hybridized carbons (Fsp3) is 0.571. The highest BCUT2D eigenvalue weighted by molar-refractivity contribution is 5.93. The topological polar surface area (TPSA) is 65.1 Å². The molecule has 0 bridgehead atoms. The third-order valence-electron chi connectivity index (χ3n) is 3.19. The second-order valence-corrected chi connectivity index (χ2v) is 4.73. The van der Waals surface area contributed by atoms with Gasteiger partial charge in [-0.15, -0.1) is 0 Å². The molecule has 0 aliphatic heterocycles. The van der Waals surface area contributed by atoms with Crippen molar-refractivity contribution in [3.8, 4) is 0 Å². The Morgan fingerprint density at radius 2 is 1.94 bits per heavy atom. The normalized spacial score (nSPS) is 10.6. The summed E-state index contributed by atoms with van der Waals surface area (Å²) in [6.07, 6.45) is 4.38. The fourth-order valence-corrected chi connectivity index (χ4v) is 2.20. The first-order valence-electron chi connectivity index (χ1n) is 6.49. The number of carbonyl (C=O) groups is 1. The summed E-state index contributed by atoms with van der Waals surface area (Å²) < 4.78 is 1.66. The molecule has 1 aromatic rings. The number of unbranched alkanes of at least 4 members (excludes halogenated alkanes) is 3. The summed E-state index contributed by atoms with van der Waals surface area (Å²) in [4.78, 5) is 23.5. The summed E-state index contributed by atoms with van der Waals surface area (Å²) in [6, 6.07) is 1.85. The minimum absolute atomic E-state index is 0.121. The lowest BCUT2D eigenvalue weighted by molar-refractivity contribution is 0.0997. The van der Waals surface area contributed by atoms with Crippen molar-refractivity contribution in [2.24, 2.45) is 5.73 Å². The van der Waals surface area contributed by atoms with Gasteiger partial charge in [-0.1, -0.05) is 26.2 Å². The molecule has 1 heterocycles. The maximum atomic E-state index is 12.2. The highest BCUT2D eigenvalue weighted by Crippen LogP contribution is 2.08. The van der Waals surface area contributed by atoms with E-state index < -0.39 is 5.91 Å². The van der Waals surface area contributed by atoms with Gasteiger partial charge < -0.3 is 10.3 Å². The lowest BCUT2D eigenvalue weighted by Gasteiger charge is -2.12. The van der Waals surface area contributed by atoms with Crippen LogP contribution in [0.3, 0.4) is 0 Å². The molecule has 0 aliphatic rings.